The Balaban J connectivity index is 2.58. The molecule has 0 aromatic carbocycles. The van der Waals surface area contributed by atoms with Crippen molar-refractivity contribution in [3.05, 3.63) is 11.1 Å². The molecule has 1 aromatic rings. The van der Waals surface area contributed by atoms with Crippen molar-refractivity contribution in [2.75, 3.05) is 18.9 Å². The maximum atomic E-state index is 11.4. The van der Waals surface area contributed by atoms with Crippen LogP contribution >= 0.6 is 11.3 Å². The molecule has 1 rings (SSSR count). The van der Waals surface area contributed by atoms with Crippen molar-refractivity contribution in [3.8, 4) is 0 Å². The quantitative estimate of drug-likeness (QED) is 0.833. The summed E-state index contributed by atoms with van der Waals surface area (Å²) in [5.74, 6) is -0.936. The highest BCUT2D eigenvalue weighted by atomic mass is 32.1. The summed E-state index contributed by atoms with van der Waals surface area (Å²) in [6, 6.07) is -0.251. The number of amides is 2. The van der Waals surface area contributed by atoms with Gasteiger partial charge in [-0.3, -0.25) is 10.1 Å². The number of anilines is 1. The van der Waals surface area contributed by atoms with Gasteiger partial charge in [-0.25, -0.2) is 9.78 Å². The molecule has 0 atom stereocenters. The van der Waals surface area contributed by atoms with Crippen molar-refractivity contribution >= 4 is 28.5 Å². The number of nitrogens with zero attached hydrogens (tertiary/aromatic N) is 2. The molecule has 0 saturated carbocycles. The number of aliphatic carboxylic acids is 1. The molecule has 0 bridgehead atoms. The summed E-state index contributed by atoms with van der Waals surface area (Å²) < 4.78 is 0. The highest BCUT2D eigenvalue weighted by Crippen LogP contribution is 2.16. The smallest absolute Gasteiger partial charge is 0.323 e. The van der Waals surface area contributed by atoms with Gasteiger partial charge in [-0.15, -0.1) is 11.3 Å². The van der Waals surface area contributed by atoms with Crippen LogP contribution in [0.3, 0.4) is 0 Å². The van der Waals surface area contributed by atoms with Crippen LogP contribution in [0.1, 0.15) is 12.6 Å². The van der Waals surface area contributed by atoms with Crippen LogP contribution in [0.5, 0.6) is 0 Å². The van der Waals surface area contributed by atoms with Crippen LogP contribution in [0, 0.1) is 0 Å². The van der Waals surface area contributed by atoms with Crippen molar-refractivity contribution in [2.24, 2.45) is 0 Å². The topological polar surface area (TPSA) is 82.5 Å². The first-order chi connectivity index (χ1) is 7.52. The molecule has 2 amide bonds. The van der Waals surface area contributed by atoms with Gasteiger partial charge in [0, 0.05) is 19.0 Å². The zero-order valence-electron chi connectivity index (χ0n) is 9.06. The van der Waals surface area contributed by atoms with Crippen LogP contribution in [-0.4, -0.2) is 40.6 Å². The first-order valence-corrected chi connectivity index (χ1v) is 5.59. The van der Waals surface area contributed by atoms with Crippen LogP contribution in [0.25, 0.3) is 0 Å². The van der Waals surface area contributed by atoms with Crippen LogP contribution in [0.15, 0.2) is 5.38 Å². The number of thiazole rings is 1. The van der Waals surface area contributed by atoms with E-state index in [1.807, 2.05) is 6.92 Å². The number of carbonyl (C=O) groups is 2. The molecular weight excluding hydrogens is 230 g/mol. The standard InChI is InChI=1S/C9H13N3O3S/c1-3-12(2)9(15)11-8-10-6(5-16-8)4-7(13)14/h5H,3-4H2,1-2H3,(H,13,14)(H,10,11,15). The first kappa shape index (κ1) is 12.4. The minimum Gasteiger partial charge on any atom is -0.481 e. The maximum absolute atomic E-state index is 11.4. The minimum atomic E-state index is -0.936. The average molecular weight is 243 g/mol. The van der Waals surface area contributed by atoms with Gasteiger partial charge in [0.2, 0.25) is 0 Å². The van der Waals surface area contributed by atoms with E-state index >= 15 is 0 Å². The number of rotatable bonds is 4. The molecule has 1 aromatic heterocycles. The molecule has 0 aliphatic carbocycles. The zero-order chi connectivity index (χ0) is 12.1. The first-order valence-electron chi connectivity index (χ1n) is 4.71. The van der Waals surface area contributed by atoms with Crippen molar-refractivity contribution < 1.29 is 14.7 Å². The maximum Gasteiger partial charge on any atom is 0.323 e. The van der Waals surface area contributed by atoms with E-state index in [-0.39, 0.29) is 12.5 Å². The Bertz CT molecular complexity index is 391. The third-order valence-electron chi connectivity index (χ3n) is 1.92. The van der Waals surface area contributed by atoms with Gasteiger partial charge >= 0.3 is 12.0 Å². The molecule has 0 radical (unpaired) electrons. The Morgan fingerprint density at radius 1 is 1.62 bits per heavy atom. The molecule has 1 heterocycles. The number of carboxylic acids is 1. The number of nitrogens with one attached hydrogen (secondary N) is 1. The largest absolute Gasteiger partial charge is 0.481 e. The summed E-state index contributed by atoms with van der Waals surface area (Å²) in [6.45, 7) is 2.45. The van der Waals surface area contributed by atoms with Gasteiger partial charge in [0.15, 0.2) is 5.13 Å². The van der Waals surface area contributed by atoms with Gasteiger partial charge in [-0.1, -0.05) is 0 Å². The molecule has 0 aliphatic heterocycles. The van der Waals surface area contributed by atoms with Crippen LogP contribution in [0.4, 0.5) is 9.93 Å². The molecule has 0 fully saturated rings. The third-order valence-corrected chi connectivity index (χ3v) is 2.73. The van der Waals surface area contributed by atoms with Crippen molar-refractivity contribution in [2.45, 2.75) is 13.3 Å². The molecule has 88 valence electrons. The summed E-state index contributed by atoms with van der Waals surface area (Å²) in [4.78, 5) is 27.3. The lowest BCUT2D eigenvalue weighted by Gasteiger charge is -2.13. The zero-order valence-corrected chi connectivity index (χ0v) is 9.87. The van der Waals surface area contributed by atoms with E-state index in [0.717, 1.165) is 0 Å². The number of hydrogen-bond donors (Lipinski definition) is 2. The second kappa shape index (κ2) is 5.45. The lowest BCUT2D eigenvalue weighted by atomic mass is 10.3. The Kier molecular flexibility index (Phi) is 4.24. The number of urea groups is 1. The number of carbonyl (C=O) groups excluding carboxylic acids is 1. The Hall–Kier alpha value is -1.63. The molecule has 0 spiro atoms. The lowest BCUT2D eigenvalue weighted by molar-refractivity contribution is -0.136. The van der Waals surface area contributed by atoms with Crippen LogP contribution in [-0.2, 0) is 11.2 Å². The average Bonchev–Trinajstić information content (AvgIpc) is 2.63. The molecule has 0 aliphatic rings. The Labute approximate surface area is 96.9 Å². The van der Waals surface area contributed by atoms with Crippen LogP contribution in [0.2, 0.25) is 0 Å². The van der Waals surface area contributed by atoms with Gasteiger partial charge in [0.25, 0.3) is 0 Å². The monoisotopic (exact) mass is 243 g/mol. The van der Waals surface area contributed by atoms with E-state index < -0.39 is 5.97 Å². The molecule has 2 N–H and O–H groups in total. The van der Waals surface area contributed by atoms with Crippen LogP contribution < -0.4 is 5.32 Å². The summed E-state index contributed by atoms with van der Waals surface area (Å²) >= 11 is 1.21. The van der Waals surface area contributed by atoms with Gasteiger partial charge in [-0.05, 0) is 6.92 Å². The number of hydrogen-bond acceptors (Lipinski definition) is 4. The van der Waals surface area contributed by atoms with Crippen molar-refractivity contribution in [1.82, 2.24) is 9.88 Å². The highest BCUT2D eigenvalue weighted by molar-refractivity contribution is 7.13. The van der Waals surface area contributed by atoms with E-state index in [1.54, 1.807) is 12.4 Å². The fourth-order valence-electron chi connectivity index (χ4n) is 0.931. The SMILES string of the molecule is CCN(C)C(=O)Nc1nc(CC(=O)O)cs1. The van der Waals surface area contributed by atoms with E-state index in [0.29, 0.717) is 17.4 Å². The number of carboxylic acid groups (broad SMARTS) is 1. The fourth-order valence-corrected chi connectivity index (χ4v) is 1.63. The second-order valence-corrected chi connectivity index (χ2v) is 4.02. The molecular formula is C9H13N3O3S. The summed E-state index contributed by atoms with van der Waals surface area (Å²) in [5, 5.41) is 13.2. The molecule has 16 heavy (non-hydrogen) atoms. The minimum absolute atomic E-state index is 0.129. The van der Waals surface area contributed by atoms with Gasteiger partial charge < -0.3 is 10.0 Å². The van der Waals surface area contributed by atoms with E-state index in [4.69, 9.17) is 5.11 Å². The molecule has 0 saturated heterocycles. The summed E-state index contributed by atoms with van der Waals surface area (Å²) in [6.07, 6.45) is -0.129. The predicted octanol–water partition coefficient (Wildman–Crippen LogP) is 1.25. The van der Waals surface area contributed by atoms with Crippen molar-refractivity contribution in [3.63, 3.8) is 0 Å². The fraction of sp³-hybridized carbons (Fsp3) is 0.444. The Morgan fingerprint density at radius 3 is 2.88 bits per heavy atom. The molecule has 0 unspecified atom stereocenters. The normalized spacial score (nSPS) is 9.88. The van der Waals surface area contributed by atoms with Gasteiger partial charge in [0.05, 0.1) is 12.1 Å². The van der Waals surface area contributed by atoms with Gasteiger partial charge in [0.1, 0.15) is 0 Å². The Morgan fingerprint density at radius 2 is 2.31 bits per heavy atom. The molecule has 7 heteroatoms. The van der Waals surface area contributed by atoms with E-state index in [1.165, 1.54) is 16.2 Å². The van der Waals surface area contributed by atoms with Crippen molar-refractivity contribution in [1.29, 1.82) is 0 Å². The highest BCUT2D eigenvalue weighted by Gasteiger charge is 2.10. The van der Waals surface area contributed by atoms with E-state index in [2.05, 4.69) is 10.3 Å². The summed E-state index contributed by atoms with van der Waals surface area (Å²) in [5.41, 5.74) is 0.451. The van der Waals surface area contributed by atoms with E-state index in [9.17, 15) is 9.59 Å². The van der Waals surface area contributed by atoms with Gasteiger partial charge in [-0.2, -0.15) is 0 Å². The predicted molar refractivity (Wildman–Crippen MR) is 60.8 cm³/mol. The second-order valence-electron chi connectivity index (χ2n) is 3.16. The summed E-state index contributed by atoms with van der Waals surface area (Å²) in [7, 11) is 1.67. The molecule has 6 nitrogen and oxygen atoms in total. The third kappa shape index (κ3) is 3.50. The number of aromatic nitrogens is 1. The lowest BCUT2D eigenvalue weighted by Crippen LogP contribution is -2.30.